The van der Waals surface area contributed by atoms with E-state index in [1.807, 2.05) is 30.3 Å². The summed E-state index contributed by atoms with van der Waals surface area (Å²) in [5, 5.41) is 24.5. The molecule has 1 unspecified atom stereocenters. The highest BCUT2D eigenvalue weighted by atomic mass is 32.2. The van der Waals surface area contributed by atoms with Crippen molar-refractivity contribution in [3.63, 3.8) is 0 Å². The standard InChI is InChI=1S/C20H23N5O4S/c26-16-14(9-30-13-4-2-1-3-5-13)29-20(17(16)27)25-11-23-15-18(21-10-22-19(15)25)24-12-6-7-28-8-12/h1-5,10-12,14,16-17,20,26-27H,6-9H2,(H,21,22,24)/t12-,14-,16-,17-,20?/m1/s1. The number of benzene rings is 1. The number of nitrogens with zero attached hydrogens (tertiary/aromatic N) is 4. The third-order valence-corrected chi connectivity index (χ3v) is 6.50. The number of hydrogen-bond acceptors (Lipinski definition) is 9. The molecular formula is C20H23N5O4S. The van der Waals surface area contributed by atoms with Gasteiger partial charge in [0.2, 0.25) is 0 Å². The first-order valence-electron chi connectivity index (χ1n) is 9.92. The van der Waals surface area contributed by atoms with Crippen molar-refractivity contribution in [2.75, 3.05) is 24.3 Å². The lowest BCUT2D eigenvalue weighted by molar-refractivity contribution is -0.0289. The van der Waals surface area contributed by atoms with Crippen LogP contribution in [-0.4, -0.2) is 73.1 Å². The topological polar surface area (TPSA) is 115 Å². The van der Waals surface area contributed by atoms with Gasteiger partial charge in [0.15, 0.2) is 23.2 Å². The van der Waals surface area contributed by atoms with Gasteiger partial charge in [-0.15, -0.1) is 11.8 Å². The summed E-state index contributed by atoms with van der Waals surface area (Å²) in [6, 6.07) is 10.1. The Morgan fingerprint density at radius 1 is 1.13 bits per heavy atom. The van der Waals surface area contributed by atoms with E-state index in [2.05, 4.69) is 20.3 Å². The van der Waals surface area contributed by atoms with Crippen molar-refractivity contribution in [2.24, 2.45) is 0 Å². The SMILES string of the molecule is O[C@@H]1[C@@H](CSc2ccccc2)OC(n2cnc3c(N[C@@H]4CCOC4)ncnc32)[C@@H]1O. The molecule has 3 N–H and O–H groups in total. The molecule has 3 aromatic rings. The molecule has 0 aliphatic carbocycles. The number of hydrogen-bond donors (Lipinski definition) is 3. The first-order valence-corrected chi connectivity index (χ1v) is 10.9. The van der Waals surface area contributed by atoms with Crippen molar-refractivity contribution in [1.29, 1.82) is 0 Å². The van der Waals surface area contributed by atoms with Crippen LogP contribution in [0.2, 0.25) is 0 Å². The molecule has 2 aromatic heterocycles. The fourth-order valence-corrected chi connectivity index (χ4v) is 4.76. The fourth-order valence-electron chi connectivity index (χ4n) is 3.78. The number of nitrogens with one attached hydrogen (secondary N) is 1. The molecule has 2 fully saturated rings. The highest BCUT2D eigenvalue weighted by molar-refractivity contribution is 7.99. The van der Waals surface area contributed by atoms with Crippen LogP contribution in [0.1, 0.15) is 12.6 Å². The number of imidazole rings is 1. The molecule has 158 valence electrons. The van der Waals surface area contributed by atoms with Crippen LogP contribution in [0, 0.1) is 0 Å². The van der Waals surface area contributed by atoms with Gasteiger partial charge in [-0.3, -0.25) is 4.57 Å². The molecule has 0 radical (unpaired) electrons. The van der Waals surface area contributed by atoms with E-state index in [0.717, 1.165) is 17.9 Å². The second kappa shape index (κ2) is 8.48. The van der Waals surface area contributed by atoms with Gasteiger partial charge in [0, 0.05) is 17.3 Å². The third-order valence-electron chi connectivity index (χ3n) is 5.40. The van der Waals surface area contributed by atoms with Crippen molar-refractivity contribution >= 4 is 28.7 Å². The van der Waals surface area contributed by atoms with Gasteiger partial charge >= 0.3 is 0 Å². The number of fused-ring (bicyclic) bond motifs is 1. The van der Waals surface area contributed by atoms with Gasteiger partial charge < -0.3 is 25.0 Å². The maximum atomic E-state index is 10.6. The van der Waals surface area contributed by atoms with Crippen LogP contribution in [0.15, 0.2) is 47.9 Å². The quantitative estimate of drug-likeness (QED) is 0.501. The van der Waals surface area contributed by atoms with Crippen molar-refractivity contribution < 1.29 is 19.7 Å². The molecule has 30 heavy (non-hydrogen) atoms. The van der Waals surface area contributed by atoms with Gasteiger partial charge in [-0.25, -0.2) is 15.0 Å². The van der Waals surface area contributed by atoms with Crippen LogP contribution in [0.3, 0.4) is 0 Å². The Balaban J connectivity index is 1.34. The highest BCUT2D eigenvalue weighted by Crippen LogP contribution is 2.34. The lowest BCUT2D eigenvalue weighted by atomic mass is 10.1. The Morgan fingerprint density at radius 3 is 2.80 bits per heavy atom. The van der Waals surface area contributed by atoms with E-state index >= 15 is 0 Å². The maximum absolute atomic E-state index is 10.6. The predicted molar refractivity (Wildman–Crippen MR) is 111 cm³/mol. The van der Waals surface area contributed by atoms with Crippen molar-refractivity contribution in [3.05, 3.63) is 43.0 Å². The monoisotopic (exact) mass is 429 g/mol. The van der Waals surface area contributed by atoms with Gasteiger partial charge in [-0.05, 0) is 18.6 Å². The second-order valence-electron chi connectivity index (χ2n) is 7.42. The zero-order valence-electron chi connectivity index (χ0n) is 16.2. The molecule has 1 aromatic carbocycles. The lowest BCUT2D eigenvalue weighted by Gasteiger charge is -2.17. The second-order valence-corrected chi connectivity index (χ2v) is 8.51. The molecule has 0 amide bonds. The van der Waals surface area contributed by atoms with Gasteiger partial charge in [0.25, 0.3) is 0 Å². The normalized spacial score (nSPS) is 28.9. The van der Waals surface area contributed by atoms with Crippen molar-refractivity contribution in [1.82, 2.24) is 19.5 Å². The van der Waals surface area contributed by atoms with Gasteiger partial charge in [-0.2, -0.15) is 0 Å². The van der Waals surface area contributed by atoms with Crippen LogP contribution in [0.25, 0.3) is 11.2 Å². The van der Waals surface area contributed by atoms with Gasteiger partial charge in [0.1, 0.15) is 18.5 Å². The minimum Gasteiger partial charge on any atom is -0.387 e. The fraction of sp³-hybridized carbons (Fsp3) is 0.450. The Kier molecular flexibility index (Phi) is 5.57. The van der Waals surface area contributed by atoms with Crippen LogP contribution >= 0.6 is 11.8 Å². The molecule has 9 nitrogen and oxygen atoms in total. The van der Waals surface area contributed by atoms with Crippen LogP contribution in [-0.2, 0) is 9.47 Å². The zero-order valence-corrected chi connectivity index (χ0v) is 17.0. The Labute approximate surface area is 177 Å². The summed E-state index contributed by atoms with van der Waals surface area (Å²) in [5.74, 6) is 1.15. The molecule has 0 bridgehead atoms. The minimum atomic E-state index is -1.08. The summed E-state index contributed by atoms with van der Waals surface area (Å²) >= 11 is 1.58. The molecule has 5 rings (SSSR count). The molecule has 2 aliphatic rings. The van der Waals surface area contributed by atoms with E-state index < -0.39 is 24.5 Å². The summed E-state index contributed by atoms with van der Waals surface area (Å²) in [7, 11) is 0. The van der Waals surface area contributed by atoms with E-state index in [0.29, 0.717) is 29.3 Å². The molecule has 5 atom stereocenters. The third kappa shape index (κ3) is 3.77. The largest absolute Gasteiger partial charge is 0.387 e. The highest BCUT2D eigenvalue weighted by Gasteiger charge is 2.44. The van der Waals surface area contributed by atoms with E-state index in [4.69, 9.17) is 9.47 Å². The predicted octanol–water partition coefficient (Wildman–Crippen LogP) is 1.44. The van der Waals surface area contributed by atoms with Crippen molar-refractivity contribution in [2.45, 2.75) is 41.9 Å². The number of aliphatic hydroxyl groups excluding tert-OH is 2. The number of ether oxygens (including phenoxy) is 2. The minimum absolute atomic E-state index is 0.183. The summed E-state index contributed by atoms with van der Waals surface area (Å²) in [6.45, 7) is 1.35. The zero-order chi connectivity index (χ0) is 20.5. The van der Waals surface area contributed by atoms with E-state index in [1.165, 1.54) is 6.33 Å². The van der Waals surface area contributed by atoms with E-state index in [-0.39, 0.29) is 6.04 Å². The molecule has 0 spiro atoms. The summed E-state index contributed by atoms with van der Waals surface area (Å²) in [5.41, 5.74) is 1.14. The molecule has 10 heteroatoms. The average Bonchev–Trinajstić information content (AvgIpc) is 3.49. The summed E-state index contributed by atoms with van der Waals surface area (Å²) < 4.78 is 13.1. The Hall–Kier alpha value is -2.24. The molecule has 2 aliphatic heterocycles. The summed E-state index contributed by atoms with van der Waals surface area (Å²) in [4.78, 5) is 14.2. The van der Waals surface area contributed by atoms with Crippen LogP contribution < -0.4 is 5.32 Å². The number of anilines is 1. The molecule has 0 saturated carbocycles. The lowest BCUT2D eigenvalue weighted by Crippen LogP contribution is -2.32. The summed E-state index contributed by atoms with van der Waals surface area (Å²) in [6.07, 6.45) is 0.565. The van der Waals surface area contributed by atoms with Gasteiger partial charge in [0.05, 0.1) is 25.1 Å². The maximum Gasteiger partial charge on any atom is 0.167 e. The van der Waals surface area contributed by atoms with Crippen LogP contribution in [0.4, 0.5) is 5.82 Å². The molecular weight excluding hydrogens is 406 g/mol. The van der Waals surface area contributed by atoms with E-state index in [9.17, 15) is 10.2 Å². The number of aromatic nitrogens is 4. The molecule has 4 heterocycles. The molecule has 2 saturated heterocycles. The smallest absolute Gasteiger partial charge is 0.167 e. The first kappa shape index (κ1) is 19.7. The number of aliphatic hydroxyl groups is 2. The van der Waals surface area contributed by atoms with Gasteiger partial charge in [-0.1, -0.05) is 18.2 Å². The first-order chi connectivity index (χ1) is 14.7. The van der Waals surface area contributed by atoms with Crippen molar-refractivity contribution in [3.8, 4) is 0 Å². The van der Waals surface area contributed by atoms with E-state index in [1.54, 1.807) is 22.7 Å². The van der Waals surface area contributed by atoms with Crippen LogP contribution in [0.5, 0.6) is 0 Å². The Bertz CT molecular complexity index is 997. The number of thioether (sulfide) groups is 1. The average molecular weight is 430 g/mol. The Morgan fingerprint density at radius 2 is 2.00 bits per heavy atom. The number of rotatable bonds is 6.